The maximum Gasteiger partial charge on any atom is 0.221 e. The van der Waals surface area contributed by atoms with Gasteiger partial charge in [-0.2, -0.15) is 0 Å². The quantitative estimate of drug-likeness (QED) is 0.205. The fraction of sp³-hybridized carbons (Fsp3) is 0. The standard InChI is InChI=1S/C41H27N5/c1-3-13-28(14-4-1)29-23-25-30(26-24-29)35-27-39(44-40(42-35)31-15-5-2-6-16-31)46-37-21-11-8-18-33(37)32-17-7-10-20-36(32)45-38-22-12-9-19-34(38)43-41(45)46/h1-27H. The van der Waals surface area contributed by atoms with E-state index in [-0.39, 0.29) is 0 Å². The number of imidazole rings is 1. The molecule has 0 saturated heterocycles. The molecule has 0 atom stereocenters. The van der Waals surface area contributed by atoms with Gasteiger partial charge in [-0.1, -0.05) is 133 Å². The van der Waals surface area contributed by atoms with Gasteiger partial charge in [-0.3, -0.25) is 9.47 Å². The Kier molecular flexibility index (Phi) is 6.06. The van der Waals surface area contributed by atoms with E-state index in [1.807, 2.05) is 30.3 Å². The number of aromatic nitrogens is 4. The number of benzene rings is 6. The molecule has 0 saturated carbocycles. The van der Waals surface area contributed by atoms with Crippen molar-refractivity contribution in [3.63, 3.8) is 0 Å². The van der Waals surface area contributed by atoms with Gasteiger partial charge in [0.25, 0.3) is 0 Å². The lowest BCUT2D eigenvalue weighted by atomic mass is 10.0. The van der Waals surface area contributed by atoms with E-state index in [1.165, 1.54) is 5.56 Å². The summed E-state index contributed by atoms with van der Waals surface area (Å²) in [5.41, 5.74) is 11.4. The van der Waals surface area contributed by atoms with Gasteiger partial charge in [-0.05, 0) is 35.4 Å². The zero-order valence-electron chi connectivity index (χ0n) is 24.8. The summed E-state index contributed by atoms with van der Waals surface area (Å²) >= 11 is 0. The Morgan fingerprint density at radius 1 is 0.413 bits per heavy atom. The van der Waals surface area contributed by atoms with Gasteiger partial charge in [-0.15, -0.1) is 0 Å². The van der Waals surface area contributed by atoms with Crippen molar-refractivity contribution in [2.45, 2.75) is 0 Å². The Balaban J connectivity index is 1.31. The lowest BCUT2D eigenvalue weighted by Crippen LogP contribution is -2.16. The average molecular weight is 590 g/mol. The van der Waals surface area contributed by atoms with Crippen LogP contribution in [-0.4, -0.2) is 19.5 Å². The van der Waals surface area contributed by atoms with Gasteiger partial charge in [0, 0.05) is 28.3 Å². The number of rotatable bonds is 4. The molecule has 0 amide bonds. The summed E-state index contributed by atoms with van der Waals surface area (Å²) in [5, 5.41) is 0. The number of nitrogens with zero attached hydrogens (tertiary/aromatic N) is 5. The average Bonchev–Trinajstić information content (AvgIpc) is 3.46. The molecule has 5 nitrogen and oxygen atoms in total. The fourth-order valence-corrected chi connectivity index (χ4v) is 6.40. The number of fused-ring (bicyclic) bond motifs is 7. The molecule has 5 heteroatoms. The summed E-state index contributed by atoms with van der Waals surface area (Å²) in [6.45, 7) is 0. The van der Waals surface area contributed by atoms with E-state index in [0.717, 1.165) is 67.7 Å². The smallest absolute Gasteiger partial charge is 0.221 e. The van der Waals surface area contributed by atoms with Crippen LogP contribution in [0.4, 0.5) is 17.5 Å². The predicted octanol–water partition coefficient (Wildman–Crippen LogP) is 10.3. The topological polar surface area (TPSA) is 46.8 Å². The second kappa shape index (κ2) is 10.7. The van der Waals surface area contributed by atoms with Gasteiger partial charge >= 0.3 is 0 Å². The molecule has 0 N–H and O–H groups in total. The van der Waals surface area contributed by atoms with Gasteiger partial charge in [0.05, 0.1) is 28.1 Å². The van der Waals surface area contributed by atoms with Crippen LogP contribution in [0, 0.1) is 0 Å². The minimum atomic E-state index is 0.655. The molecule has 0 unspecified atom stereocenters. The molecule has 2 aromatic heterocycles. The minimum Gasteiger partial charge on any atom is -0.277 e. The summed E-state index contributed by atoms with van der Waals surface area (Å²) < 4.78 is 2.25. The van der Waals surface area contributed by atoms with E-state index in [1.54, 1.807) is 0 Å². The van der Waals surface area contributed by atoms with Crippen molar-refractivity contribution in [2.75, 3.05) is 4.90 Å². The molecule has 3 heterocycles. The van der Waals surface area contributed by atoms with E-state index in [4.69, 9.17) is 15.0 Å². The van der Waals surface area contributed by atoms with E-state index in [0.29, 0.717) is 5.82 Å². The van der Waals surface area contributed by atoms with Crippen LogP contribution in [0.5, 0.6) is 0 Å². The van der Waals surface area contributed by atoms with Gasteiger partial charge < -0.3 is 0 Å². The van der Waals surface area contributed by atoms with E-state index >= 15 is 0 Å². The van der Waals surface area contributed by atoms with Gasteiger partial charge in [0.15, 0.2) is 5.82 Å². The lowest BCUT2D eigenvalue weighted by molar-refractivity contribution is 1.02. The highest BCUT2D eigenvalue weighted by Crippen LogP contribution is 2.47. The molecule has 1 aliphatic rings. The Morgan fingerprint density at radius 3 is 1.74 bits per heavy atom. The largest absolute Gasteiger partial charge is 0.277 e. The van der Waals surface area contributed by atoms with Gasteiger partial charge in [0.2, 0.25) is 5.95 Å². The number of para-hydroxylation sites is 4. The third kappa shape index (κ3) is 4.29. The molecule has 0 bridgehead atoms. The van der Waals surface area contributed by atoms with Crippen molar-refractivity contribution in [2.24, 2.45) is 0 Å². The molecule has 8 aromatic rings. The van der Waals surface area contributed by atoms with Crippen LogP contribution in [0.25, 0.3) is 61.6 Å². The van der Waals surface area contributed by atoms with E-state index in [2.05, 4.69) is 143 Å². The third-order valence-electron chi connectivity index (χ3n) is 8.58. The Morgan fingerprint density at radius 2 is 0.978 bits per heavy atom. The second-order valence-electron chi connectivity index (χ2n) is 11.4. The summed E-state index contributed by atoms with van der Waals surface area (Å²) in [6, 6.07) is 56.7. The number of hydrogen-bond acceptors (Lipinski definition) is 4. The molecule has 0 aliphatic carbocycles. The second-order valence-corrected chi connectivity index (χ2v) is 11.4. The maximum atomic E-state index is 5.25. The first-order valence-electron chi connectivity index (χ1n) is 15.4. The van der Waals surface area contributed by atoms with Crippen molar-refractivity contribution >= 4 is 28.5 Å². The zero-order chi connectivity index (χ0) is 30.5. The normalized spacial score (nSPS) is 11.9. The first-order chi connectivity index (χ1) is 22.8. The van der Waals surface area contributed by atoms with Crippen molar-refractivity contribution < 1.29 is 0 Å². The molecule has 216 valence electrons. The molecular formula is C41H27N5. The van der Waals surface area contributed by atoms with Crippen LogP contribution in [0.2, 0.25) is 0 Å². The van der Waals surface area contributed by atoms with E-state index in [9.17, 15) is 0 Å². The highest BCUT2D eigenvalue weighted by Gasteiger charge is 2.30. The van der Waals surface area contributed by atoms with Crippen molar-refractivity contribution in [3.8, 4) is 50.6 Å². The van der Waals surface area contributed by atoms with Crippen molar-refractivity contribution in [1.82, 2.24) is 19.5 Å². The van der Waals surface area contributed by atoms with Gasteiger partial charge in [-0.25, -0.2) is 15.0 Å². The fourth-order valence-electron chi connectivity index (χ4n) is 6.40. The molecule has 0 radical (unpaired) electrons. The van der Waals surface area contributed by atoms with Crippen LogP contribution in [-0.2, 0) is 0 Å². The summed E-state index contributed by atoms with van der Waals surface area (Å²) in [4.78, 5) is 17.8. The molecule has 6 aromatic carbocycles. The minimum absolute atomic E-state index is 0.655. The van der Waals surface area contributed by atoms with Crippen LogP contribution in [0.3, 0.4) is 0 Å². The first-order valence-corrected chi connectivity index (χ1v) is 15.4. The van der Waals surface area contributed by atoms with Gasteiger partial charge in [0.1, 0.15) is 5.82 Å². The molecular weight excluding hydrogens is 562 g/mol. The molecule has 46 heavy (non-hydrogen) atoms. The highest BCUT2D eigenvalue weighted by molar-refractivity contribution is 5.96. The van der Waals surface area contributed by atoms with E-state index < -0.39 is 0 Å². The zero-order valence-corrected chi connectivity index (χ0v) is 24.8. The number of hydrogen-bond donors (Lipinski definition) is 0. The van der Waals surface area contributed by atoms with Crippen molar-refractivity contribution in [3.05, 3.63) is 164 Å². The molecule has 0 fully saturated rings. The molecule has 9 rings (SSSR count). The monoisotopic (exact) mass is 589 g/mol. The maximum absolute atomic E-state index is 5.25. The summed E-state index contributed by atoms with van der Waals surface area (Å²) in [7, 11) is 0. The Hall–Kier alpha value is -6.33. The molecule has 1 aliphatic heterocycles. The molecule has 0 spiro atoms. The predicted molar refractivity (Wildman–Crippen MR) is 187 cm³/mol. The Labute approximate surface area is 266 Å². The third-order valence-corrected chi connectivity index (χ3v) is 8.58. The lowest BCUT2D eigenvalue weighted by Gasteiger charge is -2.24. The summed E-state index contributed by atoms with van der Waals surface area (Å²) in [5.74, 6) is 2.18. The SMILES string of the molecule is c1ccc(-c2ccc(-c3cc(N4c5ccccc5-c5ccccc5-n5c4nc4ccccc45)nc(-c4ccccc4)n3)cc2)cc1. The van der Waals surface area contributed by atoms with Crippen LogP contribution in [0.1, 0.15) is 0 Å². The van der Waals surface area contributed by atoms with Crippen LogP contribution in [0.15, 0.2) is 164 Å². The highest BCUT2D eigenvalue weighted by atomic mass is 15.4. The van der Waals surface area contributed by atoms with Crippen LogP contribution >= 0.6 is 0 Å². The Bertz CT molecular complexity index is 2360. The summed E-state index contributed by atoms with van der Waals surface area (Å²) in [6.07, 6.45) is 0. The first kappa shape index (κ1) is 26.1. The van der Waals surface area contributed by atoms with Crippen molar-refractivity contribution in [1.29, 1.82) is 0 Å². The van der Waals surface area contributed by atoms with Crippen LogP contribution < -0.4 is 4.90 Å². The number of anilines is 3.